The molecule has 0 saturated carbocycles. The van der Waals surface area contributed by atoms with Gasteiger partial charge >= 0.3 is 0 Å². The number of sulfonamides is 1. The van der Waals surface area contributed by atoms with E-state index < -0.39 is 21.0 Å². The third-order valence-electron chi connectivity index (χ3n) is 4.10. The first-order valence-electron chi connectivity index (χ1n) is 8.30. The van der Waals surface area contributed by atoms with E-state index in [2.05, 4.69) is 10.3 Å². The van der Waals surface area contributed by atoms with E-state index in [0.717, 1.165) is 17.2 Å². The molecule has 0 fully saturated rings. The van der Waals surface area contributed by atoms with E-state index in [-0.39, 0.29) is 16.3 Å². The summed E-state index contributed by atoms with van der Waals surface area (Å²) in [6, 6.07) is 16.2. The Kier molecular flexibility index (Phi) is 5.39. The van der Waals surface area contributed by atoms with E-state index >= 15 is 0 Å². The highest BCUT2D eigenvalue weighted by Crippen LogP contribution is 2.30. The maximum atomic E-state index is 11.7. The molecule has 2 aromatic carbocycles. The third kappa shape index (κ3) is 4.51. The molecule has 9 heteroatoms. The number of nitrogens with two attached hydrogens (primary N) is 1. The molecule has 0 bridgehead atoms. The lowest BCUT2D eigenvalue weighted by Crippen LogP contribution is -2.16. The maximum Gasteiger partial charge on any atom is 0.272 e. The second-order valence-electron chi connectivity index (χ2n) is 6.26. The molecule has 3 N–H and O–H groups in total. The van der Waals surface area contributed by atoms with Gasteiger partial charge in [-0.05, 0) is 30.7 Å². The molecular weight excluding hydrogens is 380 g/mol. The minimum atomic E-state index is -4.11. The van der Waals surface area contributed by atoms with Crippen molar-refractivity contribution in [3.05, 3.63) is 93.8 Å². The average Bonchev–Trinajstić information content (AvgIpc) is 2.66. The minimum absolute atomic E-state index is 0.246. The lowest BCUT2D eigenvalue weighted by molar-refractivity contribution is -0.385. The zero-order valence-electron chi connectivity index (χ0n) is 14.9. The number of anilines is 1. The second kappa shape index (κ2) is 7.75. The molecule has 0 aliphatic carbocycles. The second-order valence-corrected chi connectivity index (χ2v) is 7.83. The molecule has 3 rings (SSSR count). The van der Waals surface area contributed by atoms with Gasteiger partial charge in [0.2, 0.25) is 10.0 Å². The van der Waals surface area contributed by atoms with Crippen LogP contribution in [0, 0.1) is 17.0 Å². The predicted molar refractivity (Wildman–Crippen MR) is 105 cm³/mol. The van der Waals surface area contributed by atoms with Gasteiger partial charge in [-0.25, -0.2) is 13.6 Å². The number of pyridine rings is 1. The van der Waals surface area contributed by atoms with Crippen LogP contribution in [0.2, 0.25) is 0 Å². The molecule has 1 aromatic heterocycles. The van der Waals surface area contributed by atoms with Crippen molar-refractivity contribution in [1.29, 1.82) is 0 Å². The number of nitrogens with zero attached hydrogens (tertiary/aromatic N) is 2. The molecule has 1 heterocycles. The number of non-ortho nitro benzene ring substituents is 1. The van der Waals surface area contributed by atoms with Gasteiger partial charge in [-0.3, -0.25) is 15.1 Å². The van der Waals surface area contributed by atoms with E-state index in [1.807, 2.05) is 43.3 Å². The average molecular weight is 398 g/mol. The first-order valence-corrected chi connectivity index (χ1v) is 9.85. The summed E-state index contributed by atoms with van der Waals surface area (Å²) in [6.07, 6.45) is 1.64. The molecule has 28 heavy (non-hydrogen) atoms. The van der Waals surface area contributed by atoms with Gasteiger partial charge in [0.05, 0.1) is 21.6 Å². The minimum Gasteiger partial charge on any atom is -0.373 e. The summed E-state index contributed by atoms with van der Waals surface area (Å²) < 4.78 is 23.5. The van der Waals surface area contributed by atoms with Crippen LogP contribution >= 0.6 is 0 Å². The SMILES string of the molecule is Cc1cccc(C(Nc2cc([N+](=O)[O-])cc(S(N)(=O)=O)c2)c2ccccn2)c1. The third-order valence-corrected chi connectivity index (χ3v) is 4.99. The van der Waals surface area contributed by atoms with Crippen LogP contribution in [0.5, 0.6) is 0 Å². The van der Waals surface area contributed by atoms with Crippen LogP contribution in [0.1, 0.15) is 22.9 Å². The van der Waals surface area contributed by atoms with Gasteiger partial charge in [-0.15, -0.1) is 0 Å². The lowest BCUT2D eigenvalue weighted by Gasteiger charge is -2.21. The molecule has 0 aliphatic heterocycles. The maximum absolute atomic E-state index is 11.7. The molecule has 144 valence electrons. The van der Waals surface area contributed by atoms with Crippen LogP contribution in [0.4, 0.5) is 11.4 Å². The molecule has 8 nitrogen and oxygen atoms in total. The number of nitro benzene ring substituents is 1. The fourth-order valence-corrected chi connectivity index (χ4v) is 3.40. The highest BCUT2D eigenvalue weighted by molar-refractivity contribution is 7.89. The van der Waals surface area contributed by atoms with Crippen LogP contribution in [-0.4, -0.2) is 18.3 Å². The Hall–Kier alpha value is -3.30. The van der Waals surface area contributed by atoms with E-state index in [0.29, 0.717) is 5.69 Å². The Bertz CT molecular complexity index is 1120. The van der Waals surface area contributed by atoms with E-state index in [1.165, 1.54) is 12.1 Å². The predicted octanol–water partition coefficient (Wildman–Crippen LogP) is 3.15. The highest BCUT2D eigenvalue weighted by Gasteiger charge is 2.20. The number of nitro groups is 1. The summed E-state index contributed by atoms with van der Waals surface area (Å²) >= 11 is 0. The summed E-state index contributed by atoms with van der Waals surface area (Å²) in [5.41, 5.74) is 2.46. The Morgan fingerprint density at radius 3 is 2.50 bits per heavy atom. The Balaban J connectivity index is 2.11. The molecule has 0 radical (unpaired) electrons. The van der Waals surface area contributed by atoms with Crippen molar-refractivity contribution in [2.45, 2.75) is 17.9 Å². The zero-order chi connectivity index (χ0) is 20.3. The van der Waals surface area contributed by atoms with Gasteiger partial charge in [-0.1, -0.05) is 35.9 Å². The van der Waals surface area contributed by atoms with Crippen LogP contribution in [0.15, 0.2) is 71.8 Å². The van der Waals surface area contributed by atoms with Crippen LogP contribution < -0.4 is 10.5 Å². The Labute approximate surface area is 162 Å². The van der Waals surface area contributed by atoms with Crippen molar-refractivity contribution >= 4 is 21.4 Å². The van der Waals surface area contributed by atoms with Crippen LogP contribution in [-0.2, 0) is 10.0 Å². The lowest BCUT2D eigenvalue weighted by atomic mass is 10.0. The number of hydrogen-bond donors (Lipinski definition) is 2. The quantitative estimate of drug-likeness (QED) is 0.485. The summed E-state index contributed by atoms with van der Waals surface area (Å²) in [7, 11) is -4.11. The van der Waals surface area contributed by atoms with Gasteiger partial charge in [0.1, 0.15) is 0 Å². The van der Waals surface area contributed by atoms with Gasteiger partial charge in [-0.2, -0.15) is 0 Å². The summed E-state index contributed by atoms with van der Waals surface area (Å²) in [6.45, 7) is 1.95. The Morgan fingerprint density at radius 2 is 1.89 bits per heavy atom. The monoisotopic (exact) mass is 398 g/mol. The van der Waals surface area contributed by atoms with Gasteiger partial charge < -0.3 is 5.32 Å². The summed E-state index contributed by atoms with van der Waals surface area (Å²) in [5.74, 6) is 0. The summed E-state index contributed by atoms with van der Waals surface area (Å²) in [5, 5.41) is 19.6. The smallest absolute Gasteiger partial charge is 0.272 e. The number of rotatable bonds is 6. The normalized spacial score (nSPS) is 12.4. The molecule has 0 aliphatic rings. The van der Waals surface area contributed by atoms with E-state index in [4.69, 9.17) is 5.14 Å². The largest absolute Gasteiger partial charge is 0.373 e. The van der Waals surface area contributed by atoms with Crippen molar-refractivity contribution < 1.29 is 13.3 Å². The molecule has 0 amide bonds. The van der Waals surface area contributed by atoms with Crippen molar-refractivity contribution in [2.75, 3.05) is 5.32 Å². The molecule has 0 saturated heterocycles. The first-order chi connectivity index (χ1) is 13.2. The van der Waals surface area contributed by atoms with Crippen molar-refractivity contribution in [3.8, 4) is 0 Å². The van der Waals surface area contributed by atoms with Gasteiger partial charge in [0.15, 0.2) is 0 Å². The number of primary sulfonamides is 1. The molecule has 3 aromatic rings. The number of aryl methyl sites for hydroxylation is 1. The van der Waals surface area contributed by atoms with Gasteiger partial charge in [0.25, 0.3) is 5.69 Å². The fourth-order valence-electron chi connectivity index (χ4n) is 2.83. The van der Waals surface area contributed by atoms with Crippen LogP contribution in [0.3, 0.4) is 0 Å². The van der Waals surface area contributed by atoms with Gasteiger partial charge in [0, 0.05) is 24.0 Å². The standard InChI is InChI=1S/C19H18N4O4S/c1-13-5-4-6-14(9-13)19(18-7-2-3-8-21-18)22-15-10-16(23(24)25)12-17(11-15)28(20,26)27/h2-12,19,22H,1H3,(H2,20,26,27). The van der Waals surface area contributed by atoms with Crippen molar-refractivity contribution in [2.24, 2.45) is 5.14 Å². The molecule has 1 atom stereocenters. The number of nitrogens with one attached hydrogen (secondary N) is 1. The zero-order valence-corrected chi connectivity index (χ0v) is 15.8. The number of aromatic nitrogens is 1. The number of benzene rings is 2. The molecular formula is C19H18N4O4S. The fraction of sp³-hybridized carbons (Fsp3) is 0.105. The molecule has 0 spiro atoms. The van der Waals surface area contributed by atoms with E-state index in [1.54, 1.807) is 12.3 Å². The first kappa shape index (κ1) is 19.5. The van der Waals surface area contributed by atoms with Crippen molar-refractivity contribution in [1.82, 2.24) is 4.98 Å². The van der Waals surface area contributed by atoms with Crippen LogP contribution in [0.25, 0.3) is 0 Å². The Morgan fingerprint density at radius 1 is 1.11 bits per heavy atom. The van der Waals surface area contributed by atoms with Crippen molar-refractivity contribution in [3.63, 3.8) is 0 Å². The highest BCUT2D eigenvalue weighted by atomic mass is 32.2. The summed E-state index contributed by atoms with van der Waals surface area (Å²) in [4.78, 5) is 14.6. The number of hydrogen-bond acceptors (Lipinski definition) is 6. The topological polar surface area (TPSA) is 128 Å². The van der Waals surface area contributed by atoms with E-state index in [9.17, 15) is 18.5 Å². The molecule has 1 unspecified atom stereocenters.